The summed E-state index contributed by atoms with van der Waals surface area (Å²) in [5, 5.41) is 4.39. The van der Waals surface area contributed by atoms with E-state index in [1.54, 1.807) is 0 Å². The van der Waals surface area contributed by atoms with Crippen LogP contribution in [0.2, 0.25) is 0 Å². The van der Waals surface area contributed by atoms with E-state index in [-0.39, 0.29) is 6.04 Å². The van der Waals surface area contributed by atoms with Gasteiger partial charge in [-0.05, 0) is 39.0 Å². The van der Waals surface area contributed by atoms with Gasteiger partial charge in [0.25, 0.3) is 0 Å². The highest BCUT2D eigenvalue weighted by Crippen LogP contribution is 2.30. The lowest BCUT2D eigenvalue weighted by atomic mass is 9.99. The van der Waals surface area contributed by atoms with Crippen LogP contribution in [0.15, 0.2) is 28.9 Å². The van der Waals surface area contributed by atoms with Crippen LogP contribution in [0.1, 0.15) is 41.8 Å². The van der Waals surface area contributed by atoms with Crippen molar-refractivity contribution in [2.75, 3.05) is 0 Å². The third-order valence-corrected chi connectivity index (χ3v) is 4.28. The number of fused-ring (bicyclic) bond motifs is 1. The van der Waals surface area contributed by atoms with E-state index in [4.69, 9.17) is 10.5 Å². The van der Waals surface area contributed by atoms with Crippen molar-refractivity contribution in [3.05, 3.63) is 51.3 Å². The van der Waals surface area contributed by atoms with E-state index < -0.39 is 0 Å². The van der Waals surface area contributed by atoms with Crippen LogP contribution in [0.25, 0.3) is 0 Å². The zero-order valence-electron chi connectivity index (χ0n) is 11.5. The molecular weight excluding hydrogens is 318 g/mol. The Bertz CT molecular complexity index is 624. The van der Waals surface area contributed by atoms with Crippen molar-refractivity contribution in [1.82, 2.24) is 9.78 Å². The van der Waals surface area contributed by atoms with E-state index in [2.05, 4.69) is 46.2 Å². The molecule has 2 heterocycles. The van der Waals surface area contributed by atoms with Gasteiger partial charge in [0.2, 0.25) is 0 Å². The molecule has 0 saturated carbocycles. The maximum atomic E-state index is 6.46. The molecule has 1 atom stereocenters. The number of aryl methyl sites for hydroxylation is 1. The molecule has 1 aliphatic rings. The SMILES string of the molecule is CCCn1ncc(Br)c1C(N)c1ccc2c(c1)COC2. The van der Waals surface area contributed by atoms with E-state index in [1.807, 2.05) is 10.9 Å². The molecule has 1 aromatic heterocycles. The molecule has 0 radical (unpaired) electrons. The summed E-state index contributed by atoms with van der Waals surface area (Å²) in [6, 6.07) is 6.19. The number of hydrogen-bond donors (Lipinski definition) is 1. The minimum Gasteiger partial charge on any atom is -0.372 e. The molecule has 3 rings (SSSR count). The monoisotopic (exact) mass is 335 g/mol. The number of benzene rings is 1. The Hall–Kier alpha value is -1.17. The van der Waals surface area contributed by atoms with Gasteiger partial charge >= 0.3 is 0 Å². The Kier molecular flexibility index (Phi) is 3.92. The van der Waals surface area contributed by atoms with Gasteiger partial charge in [-0.3, -0.25) is 4.68 Å². The average molecular weight is 336 g/mol. The van der Waals surface area contributed by atoms with Gasteiger partial charge in [0, 0.05) is 6.54 Å². The summed E-state index contributed by atoms with van der Waals surface area (Å²) in [6.07, 6.45) is 2.85. The van der Waals surface area contributed by atoms with E-state index >= 15 is 0 Å². The molecule has 106 valence electrons. The molecule has 0 bridgehead atoms. The molecule has 4 nitrogen and oxygen atoms in total. The second-order valence-corrected chi connectivity index (χ2v) is 5.95. The minimum absolute atomic E-state index is 0.177. The van der Waals surface area contributed by atoms with Gasteiger partial charge in [-0.1, -0.05) is 25.1 Å². The first kappa shape index (κ1) is 13.8. The molecule has 1 unspecified atom stereocenters. The van der Waals surface area contributed by atoms with Crippen LogP contribution in [0.5, 0.6) is 0 Å². The molecule has 5 heteroatoms. The van der Waals surface area contributed by atoms with Crippen molar-refractivity contribution >= 4 is 15.9 Å². The molecule has 2 aromatic rings. The summed E-state index contributed by atoms with van der Waals surface area (Å²) in [6.45, 7) is 4.41. The second-order valence-electron chi connectivity index (χ2n) is 5.10. The van der Waals surface area contributed by atoms with Gasteiger partial charge in [-0.15, -0.1) is 0 Å². The smallest absolute Gasteiger partial charge is 0.0738 e. The summed E-state index contributed by atoms with van der Waals surface area (Å²) in [5.41, 5.74) is 11.1. The molecular formula is C15H18BrN3O. The van der Waals surface area contributed by atoms with Gasteiger partial charge < -0.3 is 10.5 Å². The quantitative estimate of drug-likeness (QED) is 0.933. The minimum atomic E-state index is -0.177. The fraction of sp³-hybridized carbons (Fsp3) is 0.400. The van der Waals surface area contributed by atoms with Gasteiger partial charge in [0.15, 0.2) is 0 Å². The summed E-state index contributed by atoms with van der Waals surface area (Å²) in [7, 11) is 0. The standard InChI is InChI=1S/C15H18BrN3O/c1-2-5-19-15(13(16)7-18-19)14(17)10-3-4-11-8-20-9-12(11)6-10/h3-4,6-7,14H,2,5,8-9,17H2,1H3. The van der Waals surface area contributed by atoms with Crippen LogP contribution in [-0.2, 0) is 24.5 Å². The van der Waals surface area contributed by atoms with Crippen molar-refractivity contribution in [3.63, 3.8) is 0 Å². The van der Waals surface area contributed by atoms with Gasteiger partial charge in [0.1, 0.15) is 0 Å². The highest BCUT2D eigenvalue weighted by molar-refractivity contribution is 9.10. The topological polar surface area (TPSA) is 53.1 Å². The third-order valence-electron chi connectivity index (χ3n) is 3.67. The number of nitrogens with two attached hydrogens (primary N) is 1. The molecule has 0 amide bonds. The first-order valence-corrected chi connectivity index (χ1v) is 7.66. The zero-order chi connectivity index (χ0) is 14.1. The highest BCUT2D eigenvalue weighted by Gasteiger charge is 2.20. The van der Waals surface area contributed by atoms with Crippen molar-refractivity contribution in [2.24, 2.45) is 5.73 Å². The lowest BCUT2D eigenvalue weighted by Crippen LogP contribution is -2.18. The number of nitrogens with zero attached hydrogens (tertiary/aromatic N) is 2. The summed E-state index contributed by atoms with van der Waals surface area (Å²) < 4.78 is 8.41. The molecule has 1 aromatic carbocycles. The van der Waals surface area contributed by atoms with E-state index in [1.165, 1.54) is 11.1 Å². The van der Waals surface area contributed by atoms with E-state index in [0.29, 0.717) is 13.2 Å². The fourth-order valence-electron chi connectivity index (χ4n) is 2.61. The zero-order valence-corrected chi connectivity index (χ0v) is 13.1. The molecule has 0 aliphatic carbocycles. The Morgan fingerprint density at radius 3 is 3.00 bits per heavy atom. The largest absolute Gasteiger partial charge is 0.372 e. The number of hydrogen-bond acceptors (Lipinski definition) is 3. The molecule has 2 N–H and O–H groups in total. The summed E-state index contributed by atoms with van der Waals surface area (Å²) >= 11 is 3.56. The number of aromatic nitrogens is 2. The number of halogens is 1. The van der Waals surface area contributed by atoms with Crippen LogP contribution in [-0.4, -0.2) is 9.78 Å². The molecule has 0 saturated heterocycles. The maximum absolute atomic E-state index is 6.46. The Labute approximate surface area is 127 Å². The number of ether oxygens (including phenoxy) is 1. The van der Waals surface area contributed by atoms with E-state index in [0.717, 1.165) is 28.7 Å². The number of rotatable bonds is 4. The highest BCUT2D eigenvalue weighted by atomic mass is 79.9. The average Bonchev–Trinajstić information content (AvgIpc) is 3.04. The van der Waals surface area contributed by atoms with E-state index in [9.17, 15) is 0 Å². The predicted molar refractivity (Wildman–Crippen MR) is 81.2 cm³/mol. The van der Waals surface area contributed by atoms with Gasteiger partial charge in [-0.25, -0.2) is 0 Å². The Balaban J connectivity index is 1.96. The fourth-order valence-corrected chi connectivity index (χ4v) is 3.16. The van der Waals surface area contributed by atoms with Crippen molar-refractivity contribution in [2.45, 2.75) is 39.1 Å². The molecule has 0 spiro atoms. The first-order chi connectivity index (χ1) is 9.70. The lowest BCUT2D eigenvalue weighted by molar-refractivity contribution is 0.134. The molecule has 0 fully saturated rings. The van der Waals surface area contributed by atoms with Crippen molar-refractivity contribution < 1.29 is 4.74 Å². The Morgan fingerprint density at radius 2 is 2.20 bits per heavy atom. The first-order valence-electron chi connectivity index (χ1n) is 6.87. The lowest BCUT2D eigenvalue weighted by Gasteiger charge is -2.16. The molecule has 1 aliphatic heterocycles. The molecule has 20 heavy (non-hydrogen) atoms. The van der Waals surface area contributed by atoms with Gasteiger partial charge in [0.05, 0.1) is 35.6 Å². The second kappa shape index (κ2) is 5.68. The maximum Gasteiger partial charge on any atom is 0.0738 e. The normalized spacial score (nSPS) is 15.3. The van der Waals surface area contributed by atoms with Crippen molar-refractivity contribution in [1.29, 1.82) is 0 Å². The third kappa shape index (κ3) is 2.41. The predicted octanol–water partition coefficient (Wildman–Crippen LogP) is 3.13. The Morgan fingerprint density at radius 1 is 1.40 bits per heavy atom. The van der Waals surface area contributed by atoms with Crippen LogP contribution in [0.4, 0.5) is 0 Å². The van der Waals surface area contributed by atoms with Crippen LogP contribution in [0.3, 0.4) is 0 Å². The van der Waals surface area contributed by atoms with Crippen LogP contribution in [0, 0.1) is 0 Å². The van der Waals surface area contributed by atoms with Crippen LogP contribution < -0.4 is 5.73 Å². The van der Waals surface area contributed by atoms with Crippen LogP contribution >= 0.6 is 15.9 Å². The van der Waals surface area contributed by atoms with Gasteiger partial charge in [-0.2, -0.15) is 5.10 Å². The summed E-state index contributed by atoms with van der Waals surface area (Å²) in [4.78, 5) is 0. The summed E-state index contributed by atoms with van der Waals surface area (Å²) in [5.74, 6) is 0. The van der Waals surface area contributed by atoms with Crippen molar-refractivity contribution in [3.8, 4) is 0 Å².